The van der Waals surface area contributed by atoms with Gasteiger partial charge in [0.25, 0.3) is 5.91 Å². The monoisotopic (exact) mass is 378 g/mol. The molecular formula is C15H11IN2O2. The number of carbonyl (C=O) groups is 1. The van der Waals surface area contributed by atoms with Crippen molar-refractivity contribution in [3.05, 3.63) is 57.2 Å². The second-order valence-electron chi connectivity index (χ2n) is 4.48. The molecule has 0 radical (unpaired) electrons. The summed E-state index contributed by atoms with van der Waals surface area (Å²) in [6.07, 6.45) is 0. The van der Waals surface area contributed by atoms with Crippen LogP contribution in [0.25, 0.3) is 11.3 Å². The van der Waals surface area contributed by atoms with Crippen LogP contribution >= 0.6 is 22.6 Å². The lowest BCUT2D eigenvalue weighted by Gasteiger charge is -2.06. The number of carbonyl (C=O) groups excluding carboxylic acids is 1. The number of nitrogens with one attached hydrogen (secondary N) is 1. The molecule has 0 saturated heterocycles. The zero-order valence-electron chi connectivity index (χ0n) is 10.4. The van der Waals surface area contributed by atoms with Gasteiger partial charge in [-0.1, -0.05) is 0 Å². The Kier molecular flexibility index (Phi) is 3.13. The fraction of sp³-hybridized carbons (Fsp3) is 0. The molecule has 4 N–H and O–H groups in total. The van der Waals surface area contributed by atoms with Crippen molar-refractivity contribution in [2.45, 2.75) is 0 Å². The molecule has 1 amide bonds. The first kappa shape index (κ1) is 13.0. The molecule has 0 bridgehead atoms. The van der Waals surface area contributed by atoms with Crippen LogP contribution in [0.15, 0.2) is 42.5 Å². The third kappa shape index (κ3) is 2.14. The maximum absolute atomic E-state index is 12.1. The van der Waals surface area contributed by atoms with Crippen LogP contribution in [0.4, 0.5) is 5.69 Å². The summed E-state index contributed by atoms with van der Waals surface area (Å²) in [5.74, 6) is -0.0371. The molecule has 100 valence electrons. The van der Waals surface area contributed by atoms with Crippen LogP contribution < -0.4 is 11.1 Å². The Morgan fingerprint density at radius 1 is 1.15 bits per heavy atom. The van der Waals surface area contributed by atoms with E-state index in [9.17, 15) is 9.90 Å². The molecule has 1 heterocycles. The number of phenols is 1. The second kappa shape index (κ2) is 4.82. The lowest BCUT2D eigenvalue weighted by molar-refractivity contribution is -0.110. The number of halogens is 1. The molecule has 0 fully saturated rings. The highest BCUT2D eigenvalue weighted by Gasteiger charge is 2.27. The summed E-state index contributed by atoms with van der Waals surface area (Å²) in [5.41, 5.74) is 9.31. The molecule has 20 heavy (non-hydrogen) atoms. The summed E-state index contributed by atoms with van der Waals surface area (Å²) in [4.78, 5) is 12.1. The van der Waals surface area contributed by atoms with Crippen molar-refractivity contribution in [2.75, 3.05) is 5.32 Å². The number of hydrogen-bond acceptors (Lipinski definition) is 3. The maximum atomic E-state index is 12.1. The van der Waals surface area contributed by atoms with E-state index in [4.69, 9.17) is 5.73 Å². The SMILES string of the molecule is N/C(=C1\C(=O)Nc2ccc(I)cc21)c1ccc(O)cc1. The van der Waals surface area contributed by atoms with Crippen LogP contribution in [0.5, 0.6) is 5.75 Å². The molecule has 0 saturated carbocycles. The zero-order chi connectivity index (χ0) is 14.3. The molecule has 1 aliphatic rings. The predicted molar refractivity (Wildman–Crippen MR) is 86.9 cm³/mol. The standard InChI is InChI=1S/C15H11IN2O2/c16-9-3-6-12-11(7-9)13(15(20)18-12)14(17)8-1-4-10(19)5-2-8/h1-7,19H,17H2,(H,18,20)/b14-13-. The Bertz CT molecular complexity index is 736. The first-order chi connectivity index (χ1) is 9.56. The van der Waals surface area contributed by atoms with Crippen molar-refractivity contribution in [1.29, 1.82) is 0 Å². The third-order valence-corrected chi connectivity index (χ3v) is 3.84. The highest BCUT2D eigenvalue weighted by molar-refractivity contribution is 14.1. The van der Waals surface area contributed by atoms with Crippen molar-refractivity contribution in [3.8, 4) is 5.75 Å². The van der Waals surface area contributed by atoms with Crippen LogP contribution in [0.2, 0.25) is 0 Å². The van der Waals surface area contributed by atoms with Crippen LogP contribution in [-0.2, 0) is 4.79 Å². The number of hydrogen-bond donors (Lipinski definition) is 3. The van der Waals surface area contributed by atoms with Gasteiger partial charge in [-0.2, -0.15) is 0 Å². The molecule has 2 aromatic rings. The number of nitrogens with two attached hydrogens (primary N) is 1. The number of anilines is 1. The van der Waals surface area contributed by atoms with E-state index in [2.05, 4.69) is 27.9 Å². The van der Waals surface area contributed by atoms with Gasteiger partial charge in [-0.25, -0.2) is 0 Å². The van der Waals surface area contributed by atoms with Gasteiger partial charge in [-0.05, 0) is 70.6 Å². The van der Waals surface area contributed by atoms with Gasteiger partial charge in [0.2, 0.25) is 0 Å². The first-order valence-electron chi connectivity index (χ1n) is 5.96. The van der Waals surface area contributed by atoms with Gasteiger partial charge in [0.15, 0.2) is 0 Å². The minimum Gasteiger partial charge on any atom is -0.508 e. The predicted octanol–water partition coefficient (Wildman–Crippen LogP) is 2.78. The average Bonchev–Trinajstić information content (AvgIpc) is 2.74. The lowest BCUT2D eigenvalue weighted by atomic mass is 10.0. The molecule has 4 nitrogen and oxygen atoms in total. The van der Waals surface area contributed by atoms with Gasteiger partial charge < -0.3 is 16.2 Å². The number of benzene rings is 2. The second-order valence-corrected chi connectivity index (χ2v) is 5.73. The maximum Gasteiger partial charge on any atom is 0.258 e. The molecule has 0 atom stereocenters. The quantitative estimate of drug-likeness (QED) is 0.528. The van der Waals surface area contributed by atoms with Gasteiger partial charge in [0.1, 0.15) is 5.75 Å². The first-order valence-corrected chi connectivity index (χ1v) is 7.04. The molecule has 3 rings (SSSR count). The largest absolute Gasteiger partial charge is 0.508 e. The van der Waals surface area contributed by atoms with E-state index in [0.29, 0.717) is 16.8 Å². The minimum absolute atomic E-state index is 0.164. The van der Waals surface area contributed by atoms with E-state index in [1.54, 1.807) is 24.3 Å². The molecule has 0 spiro atoms. The molecular weight excluding hydrogens is 367 g/mol. The normalized spacial score (nSPS) is 15.8. The van der Waals surface area contributed by atoms with Crippen molar-refractivity contribution in [2.24, 2.45) is 5.73 Å². The van der Waals surface area contributed by atoms with Crippen LogP contribution in [-0.4, -0.2) is 11.0 Å². The number of rotatable bonds is 1. The summed E-state index contributed by atoms with van der Waals surface area (Å²) in [5, 5.41) is 12.1. The van der Waals surface area contributed by atoms with E-state index in [1.807, 2.05) is 18.2 Å². The van der Waals surface area contributed by atoms with E-state index < -0.39 is 0 Å². The summed E-state index contributed by atoms with van der Waals surface area (Å²) < 4.78 is 1.04. The molecule has 2 aromatic carbocycles. The molecule has 1 aliphatic heterocycles. The average molecular weight is 378 g/mol. The van der Waals surface area contributed by atoms with E-state index in [-0.39, 0.29) is 11.7 Å². The van der Waals surface area contributed by atoms with Crippen molar-refractivity contribution in [3.63, 3.8) is 0 Å². The fourth-order valence-electron chi connectivity index (χ4n) is 2.19. The smallest absolute Gasteiger partial charge is 0.258 e. The fourth-order valence-corrected chi connectivity index (χ4v) is 2.68. The minimum atomic E-state index is -0.201. The Hall–Kier alpha value is -2.02. The molecule has 0 aromatic heterocycles. The van der Waals surface area contributed by atoms with Gasteiger partial charge in [-0.3, -0.25) is 4.79 Å². The summed E-state index contributed by atoms with van der Waals surface area (Å²) >= 11 is 2.20. The number of fused-ring (bicyclic) bond motifs is 1. The molecule has 5 heteroatoms. The van der Waals surface area contributed by atoms with Crippen LogP contribution in [0.3, 0.4) is 0 Å². The molecule has 0 aliphatic carbocycles. The number of phenolic OH excluding ortho intramolecular Hbond substituents is 1. The van der Waals surface area contributed by atoms with Gasteiger partial charge in [0, 0.05) is 14.8 Å². The third-order valence-electron chi connectivity index (χ3n) is 3.17. The summed E-state index contributed by atoms with van der Waals surface area (Å²) in [6, 6.07) is 12.2. The Balaban J connectivity index is 2.18. The van der Waals surface area contributed by atoms with E-state index in [1.165, 1.54) is 0 Å². The van der Waals surface area contributed by atoms with Gasteiger partial charge in [-0.15, -0.1) is 0 Å². The Morgan fingerprint density at radius 2 is 1.85 bits per heavy atom. The highest BCUT2D eigenvalue weighted by atomic mass is 127. The topological polar surface area (TPSA) is 75.4 Å². The zero-order valence-corrected chi connectivity index (χ0v) is 12.5. The lowest BCUT2D eigenvalue weighted by Crippen LogP contribution is -2.09. The molecule has 0 unspecified atom stereocenters. The highest BCUT2D eigenvalue weighted by Crippen LogP contribution is 2.36. The number of amides is 1. The van der Waals surface area contributed by atoms with Crippen molar-refractivity contribution in [1.82, 2.24) is 0 Å². The van der Waals surface area contributed by atoms with Crippen LogP contribution in [0.1, 0.15) is 11.1 Å². The van der Waals surface area contributed by atoms with Crippen LogP contribution in [0, 0.1) is 3.57 Å². The Labute approximate surface area is 129 Å². The summed E-state index contributed by atoms with van der Waals surface area (Å²) in [6.45, 7) is 0. The summed E-state index contributed by atoms with van der Waals surface area (Å²) in [7, 11) is 0. The van der Waals surface area contributed by atoms with Gasteiger partial charge >= 0.3 is 0 Å². The van der Waals surface area contributed by atoms with E-state index in [0.717, 1.165) is 14.8 Å². The number of aromatic hydroxyl groups is 1. The van der Waals surface area contributed by atoms with Gasteiger partial charge in [0.05, 0.1) is 11.3 Å². The Morgan fingerprint density at radius 3 is 2.55 bits per heavy atom. The van der Waals surface area contributed by atoms with Crippen molar-refractivity contribution >= 4 is 45.5 Å². The van der Waals surface area contributed by atoms with E-state index >= 15 is 0 Å². The van der Waals surface area contributed by atoms with Crippen molar-refractivity contribution < 1.29 is 9.90 Å².